The fourth-order valence-corrected chi connectivity index (χ4v) is 2.87. The molecule has 0 saturated carbocycles. The van der Waals surface area contributed by atoms with Gasteiger partial charge in [0, 0.05) is 26.1 Å². The summed E-state index contributed by atoms with van der Waals surface area (Å²) >= 11 is 0. The number of aliphatic hydroxyl groups excluding tert-OH is 1. The number of aliphatic hydroxyl groups is 1. The molecule has 22 heavy (non-hydrogen) atoms. The SMILES string of the molecule is CCCCCCCCCCCC(=NCC)N(CCC)CCO. The molecule has 0 saturated heterocycles. The first kappa shape index (κ1) is 21.4. The van der Waals surface area contributed by atoms with Crippen molar-refractivity contribution in [3.63, 3.8) is 0 Å². The van der Waals surface area contributed by atoms with Crippen molar-refractivity contribution in [1.29, 1.82) is 0 Å². The molecular weight excluding hydrogens is 272 g/mol. The second kappa shape index (κ2) is 16.8. The van der Waals surface area contributed by atoms with E-state index in [-0.39, 0.29) is 6.61 Å². The van der Waals surface area contributed by atoms with Gasteiger partial charge in [0.25, 0.3) is 0 Å². The largest absolute Gasteiger partial charge is 0.395 e. The first-order valence-corrected chi connectivity index (χ1v) is 9.69. The topological polar surface area (TPSA) is 35.8 Å². The molecule has 0 heterocycles. The van der Waals surface area contributed by atoms with Crippen LogP contribution >= 0.6 is 0 Å². The molecule has 0 bridgehead atoms. The minimum absolute atomic E-state index is 0.223. The Morgan fingerprint density at radius 2 is 1.36 bits per heavy atom. The van der Waals surface area contributed by atoms with E-state index in [1.807, 2.05) is 0 Å². The Kier molecular flexibility index (Phi) is 16.4. The Balaban J connectivity index is 3.83. The van der Waals surface area contributed by atoms with E-state index in [2.05, 4.69) is 30.7 Å². The molecule has 0 aromatic carbocycles. The number of nitrogens with zero attached hydrogens (tertiary/aromatic N) is 2. The van der Waals surface area contributed by atoms with Crippen molar-refractivity contribution in [3.8, 4) is 0 Å². The Morgan fingerprint density at radius 1 is 0.773 bits per heavy atom. The van der Waals surface area contributed by atoms with Crippen molar-refractivity contribution in [2.45, 2.75) is 91.4 Å². The minimum atomic E-state index is 0.223. The van der Waals surface area contributed by atoms with E-state index >= 15 is 0 Å². The van der Waals surface area contributed by atoms with Crippen LogP contribution in [0.3, 0.4) is 0 Å². The second-order valence-electron chi connectivity index (χ2n) is 6.18. The average molecular weight is 313 g/mol. The van der Waals surface area contributed by atoms with Crippen molar-refractivity contribution in [1.82, 2.24) is 4.90 Å². The lowest BCUT2D eigenvalue weighted by Crippen LogP contribution is -2.34. The Bertz CT molecular complexity index is 248. The summed E-state index contributed by atoms with van der Waals surface area (Å²) in [7, 11) is 0. The van der Waals surface area contributed by atoms with Crippen LogP contribution in [-0.4, -0.2) is 42.1 Å². The standard InChI is InChI=1S/C19H40N2O/c1-4-7-8-9-10-11-12-13-14-15-19(20-6-3)21(16-5-2)17-18-22/h22H,4-18H2,1-3H3. The van der Waals surface area contributed by atoms with Gasteiger partial charge < -0.3 is 10.0 Å². The maximum absolute atomic E-state index is 9.21. The van der Waals surface area contributed by atoms with E-state index < -0.39 is 0 Å². The lowest BCUT2D eigenvalue weighted by atomic mass is 10.1. The summed E-state index contributed by atoms with van der Waals surface area (Å²) in [6.07, 6.45) is 14.4. The van der Waals surface area contributed by atoms with Gasteiger partial charge in [-0.2, -0.15) is 0 Å². The van der Waals surface area contributed by atoms with Crippen molar-refractivity contribution < 1.29 is 5.11 Å². The van der Waals surface area contributed by atoms with Crippen molar-refractivity contribution in [2.75, 3.05) is 26.2 Å². The molecule has 132 valence electrons. The second-order valence-corrected chi connectivity index (χ2v) is 6.18. The normalized spacial score (nSPS) is 11.9. The number of rotatable bonds is 15. The van der Waals surface area contributed by atoms with E-state index in [9.17, 15) is 5.11 Å². The molecule has 0 unspecified atom stereocenters. The molecule has 0 atom stereocenters. The highest BCUT2D eigenvalue weighted by molar-refractivity contribution is 5.82. The van der Waals surface area contributed by atoms with Crippen LogP contribution in [0, 0.1) is 0 Å². The van der Waals surface area contributed by atoms with Gasteiger partial charge in [-0.25, -0.2) is 0 Å². The van der Waals surface area contributed by atoms with Gasteiger partial charge in [0.15, 0.2) is 0 Å². The summed E-state index contributed by atoms with van der Waals surface area (Å²) in [5, 5.41) is 9.21. The third-order valence-corrected chi connectivity index (χ3v) is 4.07. The fourth-order valence-electron chi connectivity index (χ4n) is 2.87. The molecule has 0 aliphatic rings. The third kappa shape index (κ3) is 12.0. The van der Waals surface area contributed by atoms with Crippen LogP contribution < -0.4 is 0 Å². The molecular formula is C19H40N2O. The fraction of sp³-hybridized carbons (Fsp3) is 0.947. The van der Waals surface area contributed by atoms with Gasteiger partial charge >= 0.3 is 0 Å². The zero-order valence-electron chi connectivity index (χ0n) is 15.4. The summed E-state index contributed by atoms with van der Waals surface area (Å²) in [6.45, 7) is 9.36. The molecule has 1 N–H and O–H groups in total. The zero-order valence-corrected chi connectivity index (χ0v) is 15.4. The van der Waals surface area contributed by atoms with Crippen LogP contribution in [0.1, 0.15) is 91.4 Å². The molecule has 0 aliphatic heterocycles. The molecule has 0 rings (SSSR count). The maximum Gasteiger partial charge on any atom is 0.0989 e. The maximum atomic E-state index is 9.21. The van der Waals surface area contributed by atoms with Crippen LogP contribution in [0.2, 0.25) is 0 Å². The number of hydrogen-bond donors (Lipinski definition) is 1. The number of amidine groups is 1. The summed E-state index contributed by atoms with van der Waals surface area (Å²) < 4.78 is 0. The van der Waals surface area contributed by atoms with Crippen LogP contribution in [0.25, 0.3) is 0 Å². The van der Waals surface area contributed by atoms with E-state index in [4.69, 9.17) is 0 Å². The summed E-state index contributed by atoms with van der Waals surface area (Å²) in [5.74, 6) is 1.21. The third-order valence-electron chi connectivity index (χ3n) is 4.07. The Morgan fingerprint density at radius 3 is 1.86 bits per heavy atom. The predicted molar refractivity (Wildman–Crippen MR) is 98.8 cm³/mol. The van der Waals surface area contributed by atoms with E-state index in [0.717, 1.165) is 32.5 Å². The minimum Gasteiger partial charge on any atom is -0.395 e. The van der Waals surface area contributed by atoms with Gasteiger partial charge in [0.1, 0.15) is 0 Å². The van der Waals surface area contributed by atoms with Gasteiger partial charge in [-0.05, 0) is 19.8 Å². The molecule has 0 aliphatic carbocycles. The van der Waals surface area contributed by atoms with Crippen molar-refractivity contribution >= 4 is 5.84 Å². The van der Waals surface area contributed by atoms with Gasteiger partial charge in [-0.15, -0.1) is 0 Å². The lowest BCUT2D eigenvalue weighted by molar-refractivity contribution is 0.247. The number of aliphatic imine (C=N–C) groups is 1. The zero-order chi connectivity index (χ0) is 16.5. The molecule has 0 spiro atoms. The highest BCUT2D eigenvalue weighted by atomic mass is 16.3. The van der Waals surface area contributed by atoms with Crippen molar-refractivity contribution in [3.05, 3.63) is 0 Å². The molecule has 0 aromatic heterocycles. The van der Waals surface area contributed by atoms with Crippen LogP contribution in [0.15, 0.2) is 4.99 Å². The first-order valence-electron chi connectivity index (χ1n) is 9.69. The Hall–Kier alpha value is -0.570. The molecule has 0 aromatic rings. The molecule has 3 nitrogen and oxygen atoms in total. The molecule has 0 amide bonds. The summed E-state index contributed by atoms with van der Waals surface area (Å²) in [6, 6.07) is 0. The highest BCUT2D eigenvalue weighted by Gasteiger charge is 2.09. The first-order chi connectivity index (χ1) is 10.8. The van der Waals surface area contributed by atoms with Crippen LogP contribution in [0.4, 0.5) is 0 Å². The monoisotopic (exact) mass is 312 g/mol. The van der Waals surface area contributed by atoms with Gasteiger partial charge in [0.05, 0.1) is 12.4 Å². The lowest BCUT2D eigenvalue weighted by Gasteiger charge is -2.25. The Labute approximate surface area is 139 Å². The van der Waals surface area contributed by atoms with Crippen LogP contribution in [-0.2, 0) is 0 Å². The van der Waals surface area contributed by atoms with E-state index in [1.165, 1.54) is 63.6 Å². The number of unbranched alkanes of at least 4 members (excludes halogenated alkanes) is 8. The van der Waals surface area contributed by atoms with Crippen LogP contribution in [0.5, 0.6) is 0 Å². The van der Waals surface area contributed by atoms with Gasteiger partial charge in [-0.3, -0.25) is 4.99 Å². The van der Waals surface area contributed by atoms with Gasteiger partial charge in [0.2, 0.25) is 0 Å². The predicted octanol–water partition coefficient (Wildman–Crippen LogP) is 5.03. The molecule has 0 radical (unpaired) electrons. The summed E-state index contributed by atoms with van der Waals surface area (Å²) in [4.78, 5) is 6.93. The summed E-state index contributed by atoms with van der Waals surface area (Å²) in [5.41, 5.74) is 0. The average Bonchev–Trinajstić information content (AvgIpc) is 2.52. The van der Waals surface area contributed by atoms with E-state index in [0.29, 0.717) is 0 Å². The van der Waals surface area contributed by atoms with Gasteiger partial charge in [-0.1, -0.05) is 65.2 Å². The van der Waals surface area contributed by atoms with Crippen molar-refractivity contribution in [2.24, 2.45) is 4.99 Å². The van der Waals surface area contributed by atoms with E-state index in [1.54, 1.807) is 0 Å². The number of hydrogen-bond acceptors (Lipinski definition) is 2. The highest BCUT2D eigenvalue weighted by Crippen LogP contribution is 2.12. The molecule has 0 fully saturated rings. The molecule has 3 heteroatoms. The smallest absolute Gasteiger partial charge is 0.0989 e. The quantitative estimate of drug-likeness (QED) is 0.261.